The molecule has 1 aromatic rings. The molecule has 40 heavy (non-hydrogen) atoms. The van der Waals surface area contributed by atoms with Gasteiger partial charge in [-0.25, -0.2) is 0 Å². The maximum atomic E-state index is 10.7. The zero-order valence-corrected chi connectivity index (χ0v) is 24.3. The van der Waals surface area contributed by atoms with E-state index in [-0.39, 0.29) is 12.2 Å². The summed E-state index contributed by atoms with van der Waals surface area (Å²) in [7, 11) is 0. The first-order valence-corrected chi connectivity index (χ1v) is 13.8. The molecular weight excluding hydrogens is 516 g/mol. The number of carboxylic acid groups (broad SMARTS) is 1. The number of benzene rings is 1. The predicted molar refractivity (Wildman–Crippen MR) is 152 cm³/mol. The number of rotatable bonds is 14. The van der Waals surface area contributed by atoms with Crippen LogP contribution >= 0.6 is 0 Å². The molecule has 1 saturated heterocycles. The first-order valence-electron chi connectivity index (χ1n) is 13.8. The average molecular weight is 563 g/mol. The van der Waals surface area contributed by atoms with E-state index in [4.69, 9.17) is 14.6 Å². The van der Waals surface area contributed by atoms with E-state index in [9.17, 15) is 30.3 Å². The van der Waals surface area contributed by atoms with E-state index in [1.54, 1.807) is 19.9 Å². The van der Waals surface area contributed by atoms with E-state index >= 15 is 0 Å². The van der Waals surface area contributed by atoms with Crippen molar-refractivity contribution in [3.8, 4) is 11.5 Å². The van der Waals surface area contributed by atoms with Crippen LogP contribution in [0.15, 0.2) is 41.0 Å². The van der Waals surface area contributed by atoms with Gasteiger partial charge in [0.05, 0.1) is 6.61 Å². The van der Waals surface area contributed by atoms with Crippen LogP contribution in [0, 0.1) is 13.8 Å². The number of hydrogen-bond donors (Lipinski definition) is 6. The van der Waals surface area contributed by atoms with Crippen LogP contribution < -0.4 is 4.74 Å². The van der Waals surface area contributed by atoms with Crippen LogP contribution in [-0.4, -0.2) is 73.9 Å². The Balaban J connectivity index is 1.99. The van der Waals surface area contributed by atoms with Crippen molar-refractivity contribution in [3.63, 3.8) is 0 Å². The fourth-order valence-corrected chi connectivity index (χ4v) is 4.49. The zero-order valence-electron chi connectivity index (χ0n) is 24.3. The van der Waals surface area contributed by atoms with Gasteiger partial charge in [-0.1, -0.05) is 34.9 Å². The van der Waals surface area contributed by atoms with Gasteiger partial charge in [-0.3, -0.25) is 4.79 Å². The topological polar surface area (TPSA) is 157 Å². The van der Waals surface area contributed by atoms with Crippen molar-refractivity contribution in [2.45, 2.75) is 110 Å². The molecule has 224 valence electrons. The molecule has 0 aliphatic carbocycles. The van der Waals surface area contributed by atoms with Crippen LogP contribution in [0.1, 0.15) is 76.0 Å². The minimum absolute atomic E-state index is 0.158. The molecule has 1 fully saturated rings. The lowest BCUT2D eigenvalue weighted by Crippen LogP contribution is -2.60. The molecule has 0 unspecified atom stereocenters. The highest BCUT2D eigenvalue weighted by atomic mass is 16.7. The normalized spacial score (nSPS) is 24.3. The monoisotopic (exact) mass is 562 g/mol. The Labute approximate surface area is 237 Å². The van der Waals surface area contributed by atoms with E-state index in [0.717, 1.165) is 31.3 Å². The summed E-state index contributed by atoms with van der Waals surface area (Å²) in [6.07, 6.45) is 4.26. The third-order valence-corrected chi connectivity index (χ3v) is 7.45. The second-order valence-corrected chi connectivity index (χ2v) is 10.8. The number of carboxylic acids is 1. The summed E-state index contributed by atoms with van der Waals surface area (Å²) in [6.45, 7) is 9.09. The Hall–Kier alpha value is -2.69. The van der Waals surface area contributed by atoms with E-state index in [0.29, 0.717) is 35.3 Å². The molecule has 6 N–H and O–H groups in total. The Morgan fingerprint density at radius 2 is 1.45 bits per heavy atom. The van der Waals surface area contributed by atoms with Crippen molar-refractivity contribution < 1.29 is 44.9 Å². The van der Waals surface area contributed by atoms with Crippen molar-refractivity contribution in [3.05, 3.63) is 57.7 Å². The van der Waals surface area contributed by atoms with Crippen molar-refractivity contribution in [1.29, 1.82) is 0 Å². The Kier molecular flexibility index (Phi) is 13.3. The molecule has 0 spiro atoms. The maximum absolute atomic E-state index is 10.7. The fraction of sp³-hybridized carbons (Fsp3) is 0.581. The van der Waals surface area contributed by atoms with Crippen LogP contribution in [0.2, 0.25) is 0 Å². The number of carbonyl (C=O) groups is 1. The summed E-state index contributed by atoms with van der Waals surface area (Å²) >= 11 is 0. The lowest BCUT2D eigenvalue weighted by Gasteiger charge is -2.39. The third-order valence-electron chi connectivity index (χ3n) is 7.45. The van der Waals surface area contributed by atoms with Crippen molar-refractivity contribution in [1.82, 2.24) is 0 Å². The molecule has 2 rings (SSSR count). The number of aromatic hydroxyl groups is 1. The highest BCUT2D eigenvalue weighted by Crippen LogP contribution is 2.35. The molecular formula is C31H46O9. The van der Waals surface area contributed by atoms with Gasteiger partial charge in [0, 0.05) is 12.0 Å². The number of ether oxygens (including phenoxy) is 2. The number of aliphatic hydroxyl groups is 4. The summed E-state index contributed by atoms with van der Waals surface area (Å²) in [5.74, 6) is -0.251. The number of aliphatic hydroxyl groups excluding tert-OH is 4. The van der Waals surface area contributed by atoms with E-state index in [2.05, 4.69) is 25.2 Å². The summed E-state index contributed by atoms with van der Waals surface area (Å²) < 4.78 is 11.4. The molecule has 9 heteroatoms. The number of hydrogen-bond acceptors (Lipinski definition) is 8. The number of phenols is 1. The molecule has 5 atom stereocenters. The summed E-state index contributed by atoms with van der Waals surface area (Å²) in [4.78, 5) is 10.7. The first-order chi connectivity index (χ1) is 18.8. The summed E-state index contributed by atoms with van der Waals surface area (Å²) in [5, 5.41) is 59.4. The molecule has 1 aromatic carbocycles. The quantitative estimate of drug-likeness (QED) is 0.184. The second-order valence-electron chi connectivity index (χ2n) is 10.8. The van der Waals surface area contributed by atoms with Crippen molar-refractivity contribution in [2.24, 2.45) is 0 Å². The van der Waals surface area contributed by atoms with E-state index in [1.807, 2.05) is 13.8 Å². The van der Waals surface area contributed by atoms with Gasteiger partial charge in [0.15, 0.2) is 0 Å². The van der Waals surface area contributed by atoms with Crippen LogP contribution in [0.3, 0.4) is 0 Å². The summed E-state index contributed by atoms with van der Waals surface area (Å²) in [6, 6.07) is 1.68. The highest BCUT2D eigenvalue weighted by molar-refractivity contribution is 5.67. The minimum atomic E-state index is -1.54. The molecule has 1 aliphatic heterocycles. The zero-order chi connectivity index (χ0) is 30.0. The SMILES string of the molecule is C/C(=C/Cc1cc(O[C@@H]2O[C@H](CO)[C@@H](O)[C@H](O)[C@H]2O)c(C)c(C)c1O)CC/C=C(\C)CC/C=C(\C)CCC(=O)O. The highest BCUT2D eigenvalue weighted by Gasteiger charge is 2.44. The number of phenolic OH excluding ortho intramolecular Hbond substituents is 1. The van der Waals surface area contributed by atoms with Gasteiger partial charge >= 0.3 is 5.97 Å². The molecule has 0 saturated carbocycles. The lowest BCUT2D eigenvalue weighted by molar-refractivity contribution is -0.277. The molecule has 1 heterocycles. The molecule has 0 aromatic heterocycles. The third kappa shape index (κ3) is 9.74. The molecule has 1 aliphatic rings. The Bertz CT molecular complexity index is 1090. The lowest BCUT2D eigenvalue weighted by atomic mass is 9.98. The van der Waals surface area contributed by atoms with E-state index < -0.39 is 43.3 Å². The summed E-state index contributed by atoms with van der Waals surface area (Å²) in [5.41, 5.74) is 5.46. The number of allylic oxidation sites excluding steroid dienone is 6. The Morgan fingerprint density at radius 3 is 2.02 bits per heavy atom. The smallest absolute Gasteiger partial charge is 0.303 e. The van der Waals surface area contributed by atoms with Gasteiger partial charge in [-0.15, -0.1) is 0 Å². The average Bonchev–Trinajstić information content (AvgIpc) is 2.91. The van der Waals surface area contributed by atoms with E-state index in [1.165, 1.54) is 11.1 Å². The Morgan fingerprint density at radius 1 is 0.875 bits per heavy atom. The molecule has 0 bridgehead atoms. The van der Waals surface area contributed by atoms with Crippen LogP contribution in [-0.2, 0) is 16.0 Å². The standard InChI is InChI=1S/C31H46O9/c1-18(9-7-11-20(3)13-15-26(33)34)8-6-10-19(2)12-14-23-16-24(21(4)22(5)27(23)35)39-31-30(38)29(37)28(36)25(17-32)40-31/h8,11-12,16,25,28-32,35-38H,6-7,9-10,13-15,17H2,1-5H3,(H,33,34)/b18-8+,19-12-,20-11+/t25-,28-,29+,30-,31-/m1/s1. The van der Waals surface area contributed by atoms with Gasteiger partial charge < -0.3 is 40.1 Å². The van der Waals surface area contributed by atoms with Gasteiger partial charge in [-0.2, -0.15) is 0 Å². The van der Waals surface area contributed by atoms with Crippen molar-refractivity contribution in [2.75, 3.05) is 6.61 Å². The molecule has 0 amide bonds. The van der Waals surface area contributed by atoms with Gasteiger partial charge in [0.1, 0.15) is 35.9 Å². The molecule has 9 nitrogen and oxygen atoms in total. The minimum Gasteiger partial charge on any atom is -0.507 e. The van der Waals surface area contributed by atoms with Gasteiger partial charge in [0.25, 0.3) is 0 Å². The van der Waals surface area contributed by atoms with Gasteiger partial charge in [0.2, 0.25) is 6.29 Å². The van der Waals surface area contributed by atoms with Crippen LogP contribution in [0.4, 0.5) is 0 Å². The van der Waals surface area contributed by atoms with Gasteiger partial charge in [-0.05, 0) is 90.3 Å². The fourth-order valence-electron chi connectivity index (χ4n) is 4.49. The maximum Gasteiger partial charge on any atom is 0.303 e. The largest absolute Gasteiger partial charge is 0.507 e. The first kappa shape index (κ1) is 33.5. The second kappa shape index (κ2) is 15.9. The molecule has 0 radical (unpaired) electrons. The van der Waals surface area contributed by atoms with Crippen molar-refractivity contribution >= 4 is 5.97 Å². The van der Waals surface area contributed by atoms with Crippen LogP contribution in [0.25, 0.3) is 0 Å². The predicted octanol–water partition coefficient (Wildman–Crippen LogP) is 3.99. The van der Waals surface area contributed by atoms with Crippen LogP contribution in [0.5, 0.6) is 11.5 Å². The number of aliphatic carboxylic acids is 1.